The number of nitriles is 1. The molecule has 3 fully saturated rings. The van der Waals surface area contributed by atoms with Crippen LogP contribution in [0, 0.1) is 22.2 Å². The van der Waals surface area contributed by atoms with Crippen molar-refractivity contribution in [2.24, 2.45) is 10.8 Å². The predicted octanol–water partition coefficient (Wildman–Crippen LogP) is 7.55. The van der Waals surface area contributed by atoms with Crippen molar-refractivity contribution in [2.75, 3.05) is 67.0 Å². The van der Waals surface area contributed by atoms with Crippen LogP contribution in [0.5, 0.6) is 11.5 Å². The summed E-state index contributed by atoms with van der Waals surface area (Å²) in [7, 11) is 3.69. The van der Waals surface area contributed by atoms with Crippen LogP contribution in [-0.2, 0) is 4.74 Å². The standard InChI is InChI=1S/C49H62ClN11O5/c1-8-33-29-59(6)39-28-53-46(57-41(39)61(33)34-11-9-10-12-34)56-38-16-14-30(23-40(38)64-7)42(62)52-19-22-65-35-17-20-60(21-18-35)47-54-26-32(27-55-47)43(63)58-44-48(2,3)45(49(44,4)5)66-36-15-13-31(25-51)37(50)24-36/h13-16,23-24,26-28,33-35,44-45H,8-12,17-22,29H2,1-7H3,(H,52,62)(H,58,63)(H,53,56,57)/t33-,44?,45?/m1/s1. The maximum Gasteiger partial charge on any atom is 0.254 e. The molecule has 4 aromatic rings. The van der Waals surface area contributed by atoms with Gasteiger partial charge < -0.3 is 44.9 Å². The zero-order valence-electron chi connectivity index (χ0n) is 39.1. The third-order valence-corrected chi connectivity index (χ3v) is 14.3. The lowest BCUT2D eigenvalue weighted by Gasteiger charge is -2.63. The summed E-state index contributed by atoms with van der Waals surface area (Å²) in [5.41, 5.74) is 2.16. The lowest BCUT2D eigenvalue weighted by Crippen LogP contribution is -2.74. The fourth-order valence-corrected chi connectivity index (χ4v) is 10.9. The Hall–Kier alpha value is -5.92. The number of hydrogen-bond acceptors (Lipinski definition) is 14. The van der Waals surface area contributed by atoms with Crippen LogP contribution < -0.4 is 40.1 Å². The van der Waals surface area contributed by atoms with Crippen LogP contribution in [0.25, 0.3) is 0 Å². The molecule has 2 aliphatic heterocycles. The zero-order chi connectivity index (χ0) is 46.8. The van der Waals surface area contributed by atoms with E-state index in [1.165, 1.54) is 25.7 Å². The number of nitrogens with zero attached hydrogens (tertiary/aromatic N) is 8. The number of likely N-dealkylation sites (N-methyl/N-ethyl adjacent to an activating group) is 1. The molecule has 3 N–H and O–H groups in total. The van der Waals surface area contributed by atoms with Crippen molar-refractivity contribution in [1.29, 1.82) is 5.26 Å². The number of benzene rings is 2. The third-order valence-electron chi connectivity index (χ3n) is 14.0. The Labute approximate surface area is 392 Å². The highest BCUT2D eigenvalue weighted by atomic mass is 35.5. The number of hydrogen-bond donors (Lipinski definition) is 3. The predicted molar refractivity (Wildman–Crippen MR) is 255 cm³/mol. The van der Waals surface area contributed by atoms with Gasteiger partial charge in [0.15, 0.2) is 5.82 Å². The molecule has 66 heavy (non-hydrogen) atoms. The number of aromatic nitrogens is 4. The van der Waals surface area contributed by atoms with Gasteiger partial charge in [0.25, 0.3) is 11.8 Å². The molecule has 16 nitrogen and oxygen atoms in total. The highest BCUT2D eigenvalue weighted by molar-refractivity contribution is 6.31. The molecule has 0 spiro atoms. The maximum atomic E-state index is 13.4. The molecule has 8 rings (SSSR count). The van der Waals surface area contributed by atoms with Gasteiger partial charge in [0.1, 0.15) is 23.7 Å². The fourth-order valence-electron chi connectivity index (χ4n) is 10.7. The summed E-state index contributed by atoms with van der Waals surface area (Å²) in [6, 6.07) is 13.1. The van der Waals surface area contributed by atoms with Crippen molar-refractivity contribution in [3.05, 3.63) is 76.7 Å². The van der Waals surface area contributed by atoms with Gasteiger partial charge in [-0.2, -0.15) is 10.2 Å². The third kappa shape index (κ3) is 9.51. The van der Waals surface area contributed by atoms with E-state index in [1.54, 1.807) is 49.8 Å². The minimum atomic E-state index is -0.398. The second kappa shape index (κ2) is 19.5. The lowest BCUT2D eigenvalue weighted by atomic mass is 9.49. The van der Waals surface area contributed by atoms with Crippen LogP contribution in [-0.4, -0.2) is 109 Å². The van der Waals surface area contributed by atoms with E-state index in [0.29, 0.717) is 89.1 Å². The number of rotatable bonds is 15. The molecule has 17 heteroatoms. The number of methoxy groups -OCH3 is 1. The summed E-state index contributed by atoms with van der Waals surface area (Å²) < 4.78 is 18.2. The lowest BCUT2D eigenvalue weighted by molar-refractivity contribution is -0.164. The minimum absolute atomic E-state index is 0.0360. The summed E-state index contributed by atoms with van der Waals surface area (Å²) in [6.07, 6.45) is 12.3. The van der Waals surface area contributed by atoms with E-state index < -0.39 is 10.8 Å². The molecular formula is C49H62ClN11O5. The molecule has 0 unspecified atom stereocenters. The number of piperidine rings is 1. The first-order chi connectivity index (χ1) is 31.7. The second-order valence-corrected chi connectivity index (χ2v) is 19.5. The summed E-state index contributed by atoms with van der Waals surface area (Å²) in [5.74, 6) is 2.64. The molecule has 0 bridgehead atoms. The molecular weight excluding hydrogens is 858 g/mol. The Bertz CT molecular complexity index is 2420. The highest BCUT2D eigenvalue weighted by Crippen LogP contribution is 2.55. The van der Waals surface area contributed by atoms with E-state index in [-0.39, 0.29) is 30.1 Å². The normalized spacial score (nSPS) is 21.3. The molecule has 4 aliphatic rings. The van der Waals surface area contributed by atoms with Gasteiger partial charge in [-0.3, -0.25) is 9.59 Å². The largest absolute Gasteiger partial charge is 0.495 e. The first-order valence-electron chi connectivity index (χ1n) is 23.2. The summed E-state index contributed by atoms with van der Waals surface area (Å²) in [4.78, 5) is 52.3. The van der Waals surface area contributed by atoms with E-state index in [4.69, 9.17) is 30.8 Å². The average molecular weight is 921 g/mol. The van der Waals surface area contributed by atoms with Crippen LogP contribution in [0.3, 0.4) is 0 Å². The second-order valence-electron chi connectivity index (χ2n) is 19.1. The van der Waals surface area contributed by atoms with E-state index in [2.05, 4.69) is 93.3 Å². The van der Waals surface area contributed by atoms with Crippen LogP contribution in [0.2, 0.25) is 5.02 Å². The molecule has 2 aromatic heterocycles. The number of ether oxygens (including phenoxy) is 3. The molecule has 4 heterocycles. The number of nitrogens with one attached hydrogen (secondary N) is 3. The molecule has 2 aliphatic carbocycles. The topological polar surface area (TPSA) is 183 Å². The molecule has 1 saturated heterocycles. The maximum absolute atomic E-state index is 13.4. The molecule has 2 saturated carbocycles. The molecule has 2 aromatic carbocycles. The fraction of sp³-hybridized carbons (Fsp3) is 0.531. The summed E-state index contributed by atoms with van der Waals surface area (Å²) in [6.45, 7) is 13.6. The van der Waals surface area contributed by atoms with E-state index in [0.717, 1.165) is 37.3 Å². The van der Waals surface area contributed by atoms with E-state index in [1.807, 2.05) is 12.3 Å². The van der Waals surface area contributed by atoms with Crippen molar-refractivity contribution in [3.8, 4) is 17.6 Å². The van der Waals surface area contributed by atoms with Crippen LogP contribution >= 0.6 is 11.6 Å². The van der Waals surface area contributed by atoms with Crippen LogP contribution in [0.1, 0.15) is 106 Å². The number of amides is 2. The first kappa shape index (κ1) is 46.6. The molecule has 0 radical (unpaired) electrons. The number of fused-ring (bicyclic) bond motifs is 1. The molecule has 2 amide bonds. The first-order valence-corrected chi connectivity index (χ1v) is 23.5. The monoisotopic (exact) mass is 919 g/mol. The van der Waals surface area contributed by atoms with Gasteiger partial charge in [0.2, 0.25) is 11.9 Å². The Morgan fingerprint density at radius 3 is 2.33 bits per heavy atom. The Morgan fingerprint density at radius 2 is 1.67 bits per heavy atom. The Morgan fingerprint density at radius 1 is 0.939 bits per heavy atom. The van der Waals surface area contributed by atoms with E-state index in [9.17, 15) is 14.9 Å². The van der Waals surface area contributed by atoms with Crippen molar-refractivity contribution >= 4 is 52.5 Å². The molecule has 350 valence electrons. The van der Waals surface area contributed by atoms with Gasteiger partial charge >= 0.3 is 0 Å². The average Bonchev–Trinajstić information content (AvgIpc) is 3.86. The number of anilines is 5. The van der Waals surface area contributed by atoms with Gasteiger partial charge in [-0.25, -0.2) is 15.0 Å². The number of halogens is 1. The Kier molecular flexibility index (Phi) is 13.8. The number of carbonyl (C=O) groups is 2. The van der Waals surface area contributed by atoms with E-state index >= 15 is 0 Å². The van der Waals surface area contributed by atoms with Crippen molar-refractivity contribution < 1.29 is 23.8 Å². The molecule has 1 atom stereocenters. The van der Waals surface area contributed by atoms with Crippen molar-refractivity contribution in [1.82, 2.24) is 30.6 Å². The highest BCUT2D eigenvalue weighted by Gasteiger charge is 2.64. The van der Waals surface area contributed by atoms with Gasteiger partial charge in [-0.15, -0.1) is 0 Å². The smallest absolute Gasteiger partial charge is 0.254 e. The van der Waals surface area contributed by atoms with Crippen LogP contribution in [0.4, 0.5) is 29.1 Å². The van der Waals surface area contributed by atoms with Crippen molar-refractivity contribution in [2.45, 2.75) is 110 Å². The van der Waals surface area contributed by atoms with Gasteiger partial charge in [0, 0.05) is 86.2 Å². The van der Waals surface area contributed by atoms with Gasteiger partial charge in [-0.1, -0.05) is 59.1 Å². The van der Waals surface area contributed by atoms with Gasteiger partial charge in [0.05, 0.1) is 53.5 Å². The zero-order valence-corrected chi connectivity index (χ0v) is 39.8. The van der Waals surface area contributed by atoms with Crippen molar-refractivity contribution in [3.63, 3.8) is 0 Å². The summed E-state index contributed by atoms with van der Waals surface area (Å²) in [5, 5.41) is 19.1. The number of carbonyl (C=O) groups excluding carboxylic acids is 2. The van der Waals surface area contributed by atoms with Crippen LogP contribution in [0.15, 0.2) is 55.0 Å². The quantitative estimate of drug-likeness (QED) is 0.0994. The summed E-state index contributed by atoms with van der Waals surface area (Å²) >= 11 is 6.25. The van der Waals surface area contributed by atoms with Gasteiger partial charge in [-0.05, 0) is 62.4 Å². The minimum Gasteiger partial charge on any atom is -0.495 e. The Balaban J connectivity index is 0.775. The SMILES string of the molecule is CC[C@@H]1CN(C)c2cnc(Nc3ccc(C(=O)NCCOC4CCN(c5ncc(C(=O)NC6C(C)(C)C(Oc7ccc(C#N)c(Cl)c7)C6(C)C)cn5)CC4)cc3OC)nc2N1C1CCCC1.